The van der Waals surface area contributed by atoms with Gasteiger partial charge in [0.1, 0.15) is 5.82 Å². The first-order valence-corrected chi connectivity index (χ1v) is 4.00. The molecule has 5 heteroatoms. The van der Waals surface area contributed by atoms with Crippen LogP contribution in [0, 0.1) is 19.3 Å². The van der Waals surface area contributed by atoms with Crippen LogP contribution in [0.1, 0.15) is 12.7 Å². The van der Waals surface area contributed by atoms with Gasteiger partial charge in [0, 0.05) is 0 Å². The van der Waals surface area contributed by atoms with E-state index in [0.29, 0.717) is 5.82 Å². The molecule has 68 valence electrons. The third kappa shape index (κ3) is 2.88. The summed E-state index contributed by atoms with van der Waals surface area (Å²) < 4.78 is 5.14. The summed E-state index contributed by atoms with van der Waals surface area (Å²) in [5.41, 5.74) is 0. The number of aryl methyl sites for hydroxylation is 1. The number of rotatable bonds is 2. The van der Waals surface area contributed by atoms with Gasteiger partial charge >= 0.3 is 6.01 Å². The van der Waals surface area contributed by atoms with E-state index < -0.39 is 0 Å². The van der Waals surface area contributed by atoms with Crippen LogP contribution in [-0.2, 0) is 0 Å². The fraction of sp³-hybridized carbons (Fsp3) is 0.375. The van der Waals surface area contributed by atoms with Crippen molar-refractivity contribution < 1.29 is 4.74 Å². The highest BCUT2D eigenvalue weighted by Crippen LogP contribution is 2.08. The summed E-state index contributed by atoms with van der Waals surface area (Å²) >= 11 is 5.58. The minimum Gasteiger partial charge on any atom is -0.447 e. The smallest absolute Gasteiger partial charge is 0.322 e. The van der Waals surface area contributed by atoms with Crippen LogP contribution in [0.3, 0.4) is 0 Å². The van der Waals surface area contributed by atoms with Gasteiger partial charge in [0.2, 0.25) is 5.28 Å². The van der Waals surface area contributed by atoms with Crippen molar-refractivity contribution >= 4 is 11.6 Å². The third-order valence-corrected chi connectivity index (χ3v) is 1.39. The Morgan fingerprint density at radius 2 is 2.15 bits per heavy atom. The van der Waals surface area contributed by atoms with Crippen molar-refractivity contribution in [3.8, 4) is 18.4 Å². The van der Waals surface area contributed by atoms with Gasteiger partial charge in [0.05, 0.1) is 0 Å². The van der Waals surface area contributed by atoms with Crippen LogP contribution in [0.2, 0.25) is 5.28 Å². The summed E-state index contributed by atoms with van der Waals surface area (Å²) in [6.45, 7) is 3.41. The maximum Gasteiger partial charge on any atom is 0.322 e. The first-order chi connectivity index (χ1) is 6.11. The number of hydrogen-bond donors (Lipinski definition) is 0. The summed E-state index contributed by atoms with van der Waals surface area (Å²) in [5, 5.41) is 0.103. The fourth-order valence-electron chi connectivity index (χ4n) is 0.671. The molecule has 1 heterocycles. The minimum atomic E-state index is -0.377. The second-order valence-corrected chi connectivity index (χ2v) is 2.70. The SMILES string of the molecule is C#CC(C)Oc1nc(C)nc(Cl)n1. The van der Waals surface area contributed by atoms with Gasteiger partial charge < -0.3 is 4.74 Å². The molecule has 1 aromatic heterocycles. The first-order valence-electron chi connectivity index (χ1n) is 3.63. The van der Waals surface area contributed by atoms with E-state index in [1.165, 1.54) is 0 Å². The summed E-state index contributed by atoms with van der Waals surface area (Å²) in [4.78, 5) is 11.4. The van der Waals surface area contributed by atoms with Gasteiger partial charge in [-0.2, -0.15) is 9.97 Å². The number of hydrogen-bond acceptors (Lipinski definition) is 4. The lowest BCUT2D eigenvalue weighted by Crippen LogP contribution is -2.11. The highest BCUT2D eigenvalue weighted by atomic mass is 35.5. The average molecular weight is 198 g/mol. The fourth-order valence-corrected chi connectivity index (χ4v) is 0.865. The van der Waals surface area contributed by atoms with Gasteiger partial charge in [0.25, 0.3) is 0 Å². The van der Waals surface area contributed by atoms with E-state index in [-0.39, 0.29) is 17.4 Å². The maximum atomic E-state index is 5.58. The molecule has 0 radical (unpaired) electrons. The van der Waals surface area contributed by atoms with Crippen molar-refractivity contribution in [3.63, 3.8) is 0 Å². The van der Waals surface area contributed by atoms with Gasteiger partial charge in [-0.3, -0.25) is 0 Å². The van der Waals surface area contributed by atoms with Crippen molar-refractivity contribution in [1.29, 1.82) is 0 Å². The summed E-state index contributed by atoms with van der Waals surface area (Å²) in [7, 11) is 0. The number of aromatic nitrogens is 3. The van der Waals surface area contributed by atoms with Crippen molar-refractivity contribution in [2.24, 2.45) is 0 Å². The van der Waals surface area contributed by atoms with E-state index in [1.54, 1.807) is 13.8 Å². The maximum absolute atomic E-state index is 5.58. The van der Waals surface area contributed by atoms with Gasteiger partial charge in [-0.05, 0) is 25.4 Å². The molecule has 0 aliphatic rings. The standard InChI is InChI=1S/C8H8ClN3O/c1-4-5(2)13-8-11-6(3)10-7(9)12-8/h1,5H,2-3H3. The quantitative estimate of drug-likeness (QED) is 0.670. The third-order valence-electron chi connectivity index (χ3n) is 1.22. The average Bonchev–Trinajstić information content (AvgIpc) is 2.02. The lowest BCUT2D eigenvalue weighted by Gasteiger charge is -2.06. The molecule has 0 saturated heterocycles. The molecule has 1 unspecified atom stereocenters. The predicted molar refractivity (Wildman–Crippen MR) is 48.5 cm³/mol. The van der Waals surface area contributed by atoms with Crippen molar-refractivity contribution in [2.75, 3.05) is 0 Å². The van der Waals surface area contributed by atoms with Crippen LogP contribution in [0.4, 0.5) is 0 Å². The molecule has 13 heavy (non-hydrogen) atoms. The van der Waals surface area contributed by atoms with E-state index >= 15 is 0 Å². The number of terminal acetylenes is 1. The molecule has 0 spiro atoms. The van der Waals surface area contributed by atoms with Gasteiger partial charge in [-0.25, -0.2) is 4.98 Å². The van der Waals surface area contributed by atoms with E-state index in [0.717, 1.165) is 0 Å². The number of nitrogens with zero attached hydrogens (tertiary/aromatic N) is 3. The predicted octanol–water partition coefficient (Wildman–Crippen LogP) is 1.23. The first kappa shape index (κ1) is 9.75. The zero-order valence-electron chi connectivity index (χ0n) is 7.28. The molecular weight excluding hydrogens is 190 g/mol. The molecule has 4 nitrogen and oxygen atoms in total. The molecule has 0 aliphatic carbocycles. The highest BCUT2D eigenvalue weighted by molar-refractivity contribution is 6.28. The Bertz CT molecular complexity index is 327. The zero-order valence-corrected chi connectivity index (χ0v) is 8.04. The van der Waals surface area contributed by atoms with Crippen LogP contribution in [0.25, 0.3) is 0 Å². The molecule has 0 amide bonds. The molecule has 1 atom stereocenters. The van der Waals surface area contributed by atoms with Crippen molar-refractivity contribution in [3.05, 3.63) is 11.1 Å². The van der Waals surface area contributed by atoms with Crippen LogP contribution in [-0.4, -0.2) is 21.1 Å². The second-order valence-electron chi connectivity index (χ2n) is 2.36. The number of halogens is 1. The van der Waals surface area contributed by atoms with Gasteiger partial charge in [0.15, 0.2) is 6.10 Å². The molecule has 0 aromatic carbocycles. The minimum absolute atomic E-state index is 0.103. The number of ether oxygens (including phenoxy) is 1. The van der Waals surface area contributed by atoms with Crippen molar-refractivity contribution in [1.82, 2.24) is 15.0 Å². The Balaban J connectivity index is 2.84. The molecular formula is C8H8ClN3O. The van der Waals surface area contributed by atoms with Gasteiger partial charge in [-0.1, -0.05) is 5.92 Å². The van der Waals surface area contributed by atoms with Crippen LogP contribution < -0.4 is 4.74 Å². The Labute approximate surface area is 81.3 Å². The van der Waals surface area contributed by atoms with Gasteiger partial charge in [-0.15, -0.1) is 6.42 Å². The van der Waals surface area contributed by atoms with E-state index in [2.05, 4.69) is 20.9 Å². The van der Waals surface area contributed by atoms with E-state index in [4.69, 9.17) is 22.8 Å². The monoisotopic (exact) mass is 197 g/mol. The second kappa shape index (κ2) is 4.06. The lowest BCUT2D eigenvalue weighted by atomic mass is 10.4. The molecule has 0 aliphatic heterocycles. The summed E-state index contributed by atoms with van der Waals surface area (Å²) in [6, 6.07) is 0.156. The largest absolute Gasteiger partial charge is 0.447 e. The van der Waals surface area contributed by atoms with Crippen molar-refractivity contribution in [2.45, 2.75) is 20.0 Å². The molecule has 0 bridgehead atoms. The van der Waals surface area contributed by atoms with Crippen LogP contribution in [0.5, 0.6) is 6.01 Å². The summed E-state index contributed by atoms with van der Waals surface area (Å²) in [6.07, 6.45) is 4.74. The molecule has 0 saturated carbocycles. The lowest BCUT2D eigenvalue weighted by molar-refractivity contribution is 0.254. The Hall–Kier alpha value is -1.34. The van der Waals surface area contributed by atoms with Crippen LogP contribution in [0.15, 0.2) is 0 Å². The van der Waals surface area contributed by atoms with E-state index in [9.17, 15) is 0 Å². The molecule has 0 N–H and O–H groups in total. The topological polar surface area (TPSA) is 47.9 Å². The molecule has 1 rings (SSSR count). The van der Waals surface area contributed by atoms with E-state index in [1.807, 2.05) is 0 Å². The molecule has 0 fully saturated rings. The highest BCUT2D eigenvalue weighted by Gasteiger charge is 2.05. The molecule has 1 aromatic rings. The van der Waals surface area contributed by atoms with Crippen LogP contribution >= 0.6 is 11.6 Å². The Morgan fingerprint density at radius 1 is 1.46 bits per heavy atom. The zero-order chi connectivity index (χ0) is 9.84. The summed E-state index contributed by atoms with van der Waals surface area (Å²) in [5.74, 6) is 2.89. The Kier molecular flexibility index (Phi) is 3.04. The normalized spacial score (nSPS) is 11.8. The Morgan fingerprint density at radius 3 is 2.69 bits per heavy atom.